The number of benzene rings is 2. The molecular formula is C58H70FN9O12. The molecule has 4 aromatic rings. The third-order valence-corrected chi connectivity index (χ3v) is 16.2. The van der Waals surface area contributed by atoms with E-state index in [1.165, 1.54) is 15.5 Å². The van der Waals surface area contributed by atoms with Gasteiger partial charge in [-0.3, -0.25) is 48.1 Å². The normalized spacial score (nSPS) is 18.4. The van der Waals surface area contributed by atoms with Crippen molar-refractivity contribution >= 4 is 64.1 Å². The first-order valence-corrected chi connectivity index (χ1v) is 27.5. The maximum Gasteiger partial charge on any atom is 0.343 e. The summed E-state index contributed by atoms with van der Waals surface area (Å²) in [4.78, 5) is 136. The molecule has 0 bridgehead atoms. The number of nitrogens with one attached hydrogen (secondary N) is 6. The Bertz CT molecular complexity index is 3220. The molecule has 8 rings (SSSR count). The molecule has 80 heavy (non-hydrogen) atoms. The van der Waals surface area contributed by atoms with E-state index in [4.69, 9.17) is 9.72 Å². The van der Waals surface area contributed by atoms with Crippen LogP contribution in [-0.2, 0) is 79.5 Å². The molecule has 3 aliphatic heterocycles. The van der Waals surface area contributed by atoms with E-state index in [9.17, 15) is 53.1 Å². The first-order chi connectivity index (χ1) is 38.1. The summed E-state index contributed by atoms with van der Waals surface area (Å²) in [7, 11) is 0. The number of fused-ring (bicyclic) bond motifs is 5. The summed E-state index contributed by atoms with van der Waals surface area (Å²) < 4.78 is 22.1. The van der Waals surface area contributed by atoms with Crippen molar-refractivity contribution in [1.29, 1.82) is 0 Å². The number of carbonyl (C=O) groups is 9. The number of imide groups is 1. The van der Waals surface area contributed by atoms with Crippen LogP contribution in [0.15, 0.2) is 47.3 Å². The van der Waals surface area contributed by atoms with Gasteiger partial charge in [0.15, 0.2) is 5.60 Å². The van der Waals surface area contributed by atoms with Gasteiger partial charge >= 0.3 is 5.97 Å². The second-order valence-corrected chi connectivity index (χ2v) is 21.8. The number of rotatable bonds is 24. The lowest BCUT2D eigenvalue weighted by Gasteiger charge is -2.31. The van der Waals surface area contributed by atoms with Crippen LogP contribution in [-0.4, -0.2) is 112 Å². The van der Waals surface area contributed by atoms with Crippen LogP contribution in [0, 0.1) is 24.1 Å². The first kappa shape index (κ1) is 58.3. The van der Waals surface area contributed by atoms with Crippen LogP contribution >= 0.6 is 0 Å². The van der Waals surface area contributed by atoms with E-state index >= 15 is 4.39 Å². The van der Waals surface area contributed by atoms with E-state index in [2.05, 4.69) is 31.9 Å². The number of halogens is 1. The third kappa shape index (κ3) is 12.4. The average molecular weight is 1100 g/mol. The second-order valence-electron chi connectivity index (χ2n) is 21.8. The van der Waals surface area contributed by atoms with Crippen LogP contribution in [0.4, 0.5) is 4.39 Å². The van der Waals surface area contributed by atoms with Gasteiger partial charge in [0.25, 0.3) is 5.56 Å². The summed E-state index contributed by atoms with van der Waals surface area (Å²) in [5.41, 5.74) is 1.90. The van der Waals surface area contributed by atoms with Crippen LogP contribution < -0.4 is 37.5 Å². The Labute approximate surface area is 461 Å². The van der Waals surface area contributed by atoms with Crippen molar-refractivity contribution in [1.82, 2.24) is 46.4 Å². The Kier molecular flexibility index (Phi) is 18.0. The van der Waals surface area contributed by atoms with Crippen molar-refractivity contribution in [3.63, 3.8) is 0 Å². The molecule has 0 radical (unpaired) electrons. The van der Waals surface area contributed by atoms with Crippen LogP contribution in [0.1, 0.15) is 137 Å². The van der Waals surface area contributed by atoms with E-state index in [1.807, 2.05) is 20.8 Å². The molecule has 0 saturated carbocycles. The number of carbonyl (C=O) groups excluding carboxylic acids is 9. The molecule has 5 heterocycles. The number of ether oxygens (including phenoxy) is 1. The fourth-order valence-electron chi connectivity index (χ4n) is 11.1. The number of aliphatic hydroxyl groups is 1. The maximum absolute atomic E-state index is 15.4. The van der Waals surface area contributed by atoms with Crippen molar-refractivity contribution in [3.8, 4) is 11.4 Å². The summed E-state index contributed by atoms with van der Waals surface area (Å²) >= 11 is 0. The van der Waals surface area contributed by atoms with E-state index in [1.54, 1.807) is 50.2 Å². The van der Waals surface area contributed by atoms with Gasteiger partial charge in [-0.25, -0.2) is 14.2 Å². The number of likely N-dealkylation sites (tertiary alicyclic amines) is 1. The minimum Gasteiger partial charge on any atom is -0.458 e. The highest BCUT2D eigenvalue weighted by Crippen LogP contribution is 2.46. The molecule has 21 nitrogen and oxygen atoms in total. The number of aromatic nitrogens is 2. The molecule has 8 amide bonds. The van der Waals surface area contributed by atoms with Gasteiger partial charge in [0.05, 0.1) is 60.6 Å². The van der Waals surface area contributed by atoms with Gasteiger partial charge in [0.2, 0.25) is 47.3 Å². The smallest absolute Gasteiger partial charge is 0.343 e. The van der Waals surface area contributed by atoms with Crippen LogP contribution in [0.3, 0.4) is 0 Å². The molecule has 7 N–H and O–H groups in total. The second kappa shape index (κ2) is 24.6. The molecule has 4 atom stereocenters. The maximum atomic E-state index is 15.4. The molecular weight excluding hydrogens is 1030 g/mol. The predicted octanol–water partition coefficient (Wildman–Crippen LogP) is 2.97. The zero-order valence-corrected chi connectivity index (χ0v) is 45.9. The zero-order valence-electron chi connectivity index (χ0n) is 45.9. The van der Waals surface area contributed by atoms with E-state index in [-0.39, 0.29) is 104 Å². The number of unbranched alkanes of at least 4 members (excludes halogenated alkanes) is 2. The van der Waals surface area contributed by atoms with Crippen LogP contribution in [0.5, 0.6) is 0 Å². The Morgan fingerprint density at radius 3 is 2.29 bits per heavy atom. The molecule has 426 valence electrons. The Morgan fingerprint density at radius 1 is 0.850 bits per heavy atom. The number of pyridine rings is 2. The topological polar surface area (TPSA) is 293 Å². The van der Waals surface area contributed by atoms with Gasteiger partial charge in [0, 0.05) is 61.4 Å². The highest BCUT2D eigenvalue weighted by Gasteiger charge is 2.47. The van der Waals surface area contributed by atoms with Gasteiger partial charge < -0.3 is 46.3 Å². The SMILES string of the molecule is CCC(C)(C)C1CC(=O)N(CCCCCC(=O)NCC(=O)NCC(=O)NC(Cc2ccccc2)C(=O)NCC(=O)NCCCC(=O)NC2CCc3c(C)c(F)cc4nc5c(c2c34)Cn2c-5cc3c(c2=O)COC(=O)[C@]3(O)CC)C1=O. The summed E-state index contributed by atoms with van der Waals surface area (Å²) in [6.07, 6.45) is 3.85. The number of cyclic esters (lactones) is 1. The molecule has 1 aliphatic carbocycles. The van der Waals surface area contributed by atoms with Crippen molar-refractivity contribution < 1.29 is 57.4 Å². The molecule has 2 aromatic heterocycles. The number of aryl methyl sites for hydroxylation is 1. The Hall–Kier alpha value is -7.88. The first-order valence-electron chi connectivity index (χ1n) is 27.5. The molecule has 22 heteroatoms. The molecule has 2 aromatic carbocycles. The van der Waals surface area contributed by atoms with Crippen LogP contribution in [0.25, 0.3) is 22.3 Å². The van der Waals surface area contributed by atoms with Crippen LogP contribution in [0.2, 0.25) is 0 Å². The van der Waals surface area contributed by atoms with Gasteiger partial charge in [0.1, 0.15) is 18.5 Å². The third-order valence-electron chi connectivity index (χ3n) is 16.2. The van der Waals surface area contributed by atoms with Crippen molar-refractivity contribution in [2.24, 2.45) is 11.3 Å². The van der Waals surface area contributed by atoms with E-state index in [0.29, 0.717) is 83.2 Å². The lowest BCUT2D eigenvalue weighted by atomic mass is 9.76. The molecule has 3 unspecified atom stereocenters. The fourth-order valence-corrected chi connectivity index (χ4v) is 11.1. The Morgan fingerprint density at radius 2 is 1.55 bits per heavy atom. The molecule has 0 spiro atoms. The Balaban J connectivity index is 0.782. The van der Waals surface area contributed by atoms with Gasteiger partial charge in [-0.15, -0.1) is 0 Å². The largest absolute Gasteiger partial charge is 0.458 e. The predicted molar refractivity (Wildman–Crippen MR) is 289 cm³/mol. The minimum absolute atomic E-state index is 0.00627. The molecule has 1 fully saturated rings. The highest BCUT2D eigenvalue weighted by atomic mass is 19.1. The van der Waals surface area contributed by atoms with E-state index in [0.717, 1.165) is 12.0 Å². The zero-order chi connectivity index (χ0) is 57.6. The summed E-state index contributed by atoms with van der Waals surface area (Å²) in [6, 6.07) is 10.1. The number of nitrogens with zero attached hydrogens (tertiary/aromatic N) is 3. The monoisotopic (exact) mass is 1100 g/mol. The van der Waals surface area contributed by atoms with E-state index < -0.39 is 78.3 Å². The number of amides is 8. The molecule has 1 saturated heterocycles. The summed E-state index contributed by atoms with van der Waals surface area (Å²) in [5, 5.41) is 28.0. The summed E-state index contributed by atoms with van der Waals surface area (Å²) in [5.74, 6) is -5.21. The number of hydrogen-bond donors (Lipinski definition) is 7. The van der Waals surface area contributed by atoms with Crippen molar-refractivity contribution in [2.75, 3.05) is 32.7 Å². The molecule has 4 aliphatic rings. The number of hydrogen-bond acceptors (Lipinski definition) is 13. The average Bonchev–Trinajstić information content (AvgIpc) is 4.17. The van der Waals surface area contributed by atoms with Crippen molar-refractivity contribution in [3.05, 3.63) is 97.6 Å². The summed E-state index contributed by atoms with van der Waals surface area (Å²) in [6.45, 7) is 8.09. The standard InChI is InChI=1S/C58H70FN9O12/c1-6-57(4,5)38-25-49(74)67(55(38)77)22-13-9-12-17-44(69)61-27-47(72)62-29-48(73)65-42(23-33-15-10-8-11-16-33)53(75)63-28-46(71)60-21-14-18-45(70)64-40-20-19-34-32(3)39(59)26-41-50(34)51(40)35-30-68-43(52(35)66-41)24-37-36(54(68)76)31-80-56(78)58(37,79)7-2/h8,10-11,15-16,24,26,38,40,42,79H,6-7,9,12-14,17-23,25,27-31H2,1-5H3,(H,60,71)(H,61,69)(H,62,72)(H,63,75)(H,64,70)(H,65,73)/t38?,40?,42?,58-/m0/s1. The minimum atomic E-state index is -2.04. The highest BCUT2D eigenvalue weighted by molar-refractivity contribution is 6.04. The van der Waals surface area contributed by atoms with Gasteiger partial charge in [-0.05, 0) is 79.2 Å². The van der Waals surface area contributed by atoms with Gasteiger partial charge in [-0.2, -0.15) is 0 Å². The lowest BCUT2D eigenvalue weighted by Crippen LogP contribution is -2.52. The van der Waals surface area contributed by atoms with Crippen molar-refractivity contribution in [2.45, 2.75) is 143 Å². The quantitative estimate of drug-likeness (QED) is 0.0266. The number of esters is 1. The van der Waals surface area contributed by atoms with Gasteiger partial charge in [-0.1, -0.05) is 70.9 Å². The fraction of sp³-hybridized carbons (Fsp3) is 0.500. The lowest BCUT2D eigenvalue weighted by molar-refractivity contribution is -0.172.